The normalized spacial score (nSPS) is 19.0. The van der Waals surface area contributed by atoms with Crippen molar-refractivity contribution in [3.8, 4) is 0 Å². The quantitative estimate of drug-likeness (QED) is 0.811. The van der Waals surface area contributed by atoms with Crippen LogP contribution >= 0.6 is 0 Å². The summed E-state index contributed by atoms with van der Waals surface area (Å²) in [7, 11) is 1.40. The third kappa shape index (κ3) is 2.68. The molecule has 0 aliphatic carbocycles. The van der Waals surface area contributed by atoms with Gasteiger partial charge in [-0.1, -0.05) is 48.5 Å². The molecule has 0 fully saturated rings. The summed E-state index contributed by atoms with van der Waals surface area (Å²) >= 11 is 0. The summed E-state index contributed by atoms with van der Waals surface area (Å²) in [5, 5.41) is 0. The van der Waals surface area contributed by atoms with Crippen LogP contribution in [-0.4, -0.2) is 25.5 Å². The maximum Gasteiger partial charge on any atom is 0.305 e. The van der Waals surface area contributed by atoms with Gasteiger partial charge in [-0.2, -0.15) is 0 Å². The molecule has 4 heteroatoms. The van der Waals surface area contributed by atoms with Crippen molar-refractivity contribution < 1.29 is 14.3 Å². The van der Waals surface area contributed by atoms with Gasteiger partial charge in [0.25, 0.3) is 0 Å². The number of amides is 1. The van der Waals surface area contributed by atoms with Crippen LogP contribution in [0.3, 0.4) is 0 Å². The second kappa shape index (κ2) is 6.48. The van der Waals surface area contributed by atoms with Crippen LogP contribution in [0.25, 0.3) is 0 Å². The predicted molar refractivity (Wildman–Crippen MR) is 92.9 cm³/mol. The van der Waals surface area contributed by atoms with Crippen molar-refractivity contribution in [3.63, 3.8) is 0 Å². The van der Waals surface area contributed by atoms with Gasteiger partial charge in [0.15, 0.2) is 0 Å². The van der Waals surface area contributed by atoms with E-state index in [0.29, 0.717) is 19.4 Å². The van der Waals surface area contributed by atoms with Gasteiger partial charge in [0.05, 0.1) is 7.11 Å². The lowest BCUT2D eigenvalue weighted by Crippen LogP contribution is -2.37. The Balaban J connectivity index is 2.12. The highest BCUT2D eigenvalue weighted by molar-refractivity contribution is 5.95. The van der Waals surface area contributed by atoms with Crippen LogP contribution in [0.4, 0.5) is 5.69 Å². The molecule has 124 valence electrons. The van der Waals surface area contributed by atoms with E-state index in [2.05, 4.69) is 18.2 Å². The Labute approximate surface area is 142 Å². The molecule has 0 saturated carbocycles. The zero-order valence-corrected chi connectivity index (χ0v) is 14.0. The van der Waals surface area contributed by atoms with Crippen LogP contribution in [-0.2, 0) is 19.7 Å². The van der Waals surface area contributed by atoms with Gasteiger partial charge < -0.3 is 9.64 Å². The van der Waals surface area contributed by atoms with Gasteiger partial charge >= 0.3 is 5.97 Å². The molecule has 0 saturated heterocycles. The number of fused-ring (bicyclic) bond motifs is 1. The number of ether oxygens (including phenoxy) is 1. The molecule has 1 unspecified atom stereocenters. The molecule has 0 aromatic heterocycles. The van der Waals surface area contributed by atoms with Crippen molar-refractivity contribution in [3.05, 3.63) is 65.7 Å². The number of hydrogen-bond donors (Lipinski definition) is 0. The van der Waals surface area contributed by atoms with E-state index in [4.69, 9.17) is 4.74 Å². The molecule has 1 atom stereocenters. The second-order valence-corrected chi connectivity index (χ2v) is 6.15. The molecule has 0 bridgehead atoms. The van der Waals surface area contributed by atoms with E-state index in [-0.39, 0.29) is 11.9 Å². The minimum Gasteiger partial charge on any atom is -0.469 e. The number of para-hydroxylation sites is 1. The van der Waals surface area contributed by atoms with Gasteiger partial charge in [-0.3, -0.25) is 9.59 Å². The predicted octanol–water partition coefficient (Wildman–Crippen LogP) is 3.29. The summed E-state index contributed by atoms with van der Waals surface area (Å²) in [6, 6.07) is 18.1. The highest BCUT2D eigenvalue weighted by Gasteiger charge is 2.45. The Morgan fingerprint density at radius 2 is 1.75 bits per heavy atom. The number of rotatable bonds is 4. The number of nitrogens with zero attached hydrogens (tertiary/aromatic N) is 1. The summed E-state index contributed by atoms with van der Waals surface area (Å²) in [5.41, 5.74) is 2.75. The average Bonchev–Trinajstić information content (AvgIpc) is 2.96. The van der Waals surface area contributed by atoms with Gasteiger partial charge in [-0.05, 0) is 23.6 Å². The maximum absolute atomic E-state index is 12.2. The minimum absolute atomic E-state index is 0.0123. The van der Waals surface area contributed by atoms with Gasteiger partial charge in [0.1, 0.15) is 0 Å². The molecular weight excluding hydrogens is 302 g/mol. The molecule has 2 aromatic carbocycles. The van der Waals surface area contributed by atoms with Crippen molar-refractivity contribution in [2.75, 3.05) is 18.6 Å². The molecule has 0 radical (unpaired) electrons. The second-order valence-electron chi connectivity index (χ2n) is 6.15. The van der Waals surface area contributed by atoms with E-state index in [1.54, 1.807) is 11.8 Å². The van der Waals surface area contributed by atoms with E-state index < -0.39 is 5.41 Å². The molecule has 24 heavy (non-hydrogen) atoms. The van der Waals surface area contributed by atoms with E-state index in [0.717, 1.165) is 16.8 Å². The monoisotopic (exact) mass is 323 g/mol. The molecule has 1 amide bonds. The lowest BCUT2D eigenvalue weighted by Gasteiger charge is -2.31. The van der Waals surface area contributed by atoms with Gasteiger partial charge in [-0.25, -0.2) is 0 Å². The molecule has 2 aromatic rings. The first-order chi connectivity index (χ1) is 11.6. The number of esters is 1. The van der Waals surface area contributed by atoms with E-state index in [1.165, 1.54) is 7.11 Å². The molecular formula is C20H21NO3. The number of carbonyl (C=O) groups excluding carboxylic acids is 2. The van der Waals surface area contributed by atoms with Crippen molar-refractivity contribution >= 4 is 17.6 Å². The number of carbonyl (C=O) groups is 2. The van der Waals surface area contributed by atoms with Gasteiger partial charge in [-0.15, -0.1) is 0 Å². The lowest BCUT2D eigenvalue weighted by atomic mass is 9.72. The van der Waals surface area contributed by atoms with Crippen LogP contribution < -0.4 is 4.90 Å². The first-order valence-corrected chi connectivity index (χ1v) is 8.08. The Bertz CT molecular complexity index is 756. The SMILES string of the molecule is COC(=O)CCC1(c2ccccc2)CN(C(C)=O)c2ccccc21. The first kappa shape index (κ1) is 16.2. The smallest absolute Gasteiger partial charge is 0.305 e. The van der Waals surface area contributed by atoms with Crippen molar-refractivity contribution in [2.45, 2.75) is 25.2 Å². The third-order valence-electron chi connectivity index (χ3n) is 4.83. The van der Waals surface area contributed by atoms with E-state index >= 15 is 0 Å². The Morgan fingerprint density at radius 3 is 2.42 bits per heavy atom. The summed E-state index contributed by atoms with van der Waals surface area (Å²) in [6.07, 6.45) is 0.913. The number of methoxy groups -OCH3 is 1. The van der Waals surface area contributed by atoms with Gasteiger partial charge in [0.2, 0.25) is 5.91 Å². The maximum atomic E-state index is 12.2. The topological polar surface area (TPSA) is 46.6 Å². The molecule has 1 aliphatic rings. The van der Waals surface area contributed by atoms with Crippen LogP contribution in [0.5, 0.6) is 0 Å². The molecule has 0 spiro atoms. The summed E-state index contributed by atoms with van der Waals surface area (Å²) in [5.74, 6) is -0.220. The van der Waals surface area contributed by atoms with Crippen LogP contribution in [0.2, 0.25) is 0 Å². The third-order valence-corrected chi connectivity index (χ3v) is 4.83. The summed E-state index contributed by atoms with van der Waals surface area (Å²) in [6.45, 7) is 2.13. The minimum atomic E-state index is -0.391. The first-order valence-electron chi connectivity index (χ1n) is 8.08. The average molecular weight is 323 g/mol. The highest BCUT2D eigenvalue weighted by Crippen LogP contribution is 2.47. The molecule has 1 aliphatic heterocycles. The molecule has 4 nitrogen and oxygen atoms in total. The Kier molecular flexibility index (Phi) is 4.38. The van der Waals surface area contributed by atoms with Crippen molar-refractivity contribution in [1.82, 2.24) is 0 Å². The number of hydrogen-bond acceptors (Lipinski definition) is 3. The molecule has 1 heterocycles. The zero-order valence-electron chi connectivity index (χ0n) is 14.0. The lowest BCUT2D eigenvalue weighted by molar-refractivity contribution is -0.140. The summed E-state index contributed by atoms with van der Waals surface area (Å²) in [4.78, 5) is 25.7. The van der Waals surface area contributed by atoms with Crippen molar-refractivity contribution in [1.29, 1.82) is 0 Å². The molecule has 3 rings (SSSR count). The Hall–Kier alpha value is -2.62. The van der Waals surface area contributed by atoms with Crippen LogP contribution in [0.1, 0.15) is 30.9 Å². The number of anilines is 1. The van der Waals surface area contributed by atoms with Crippen LogP contribution in [0.15, 0.2) is 54.6 Å². The van der Waals surface area contributed by atoms with E-state index in [9.17, 15) is 9.59 Å². The Morgan fingerprint density at radius 1 is 1.08 bits per heavy atom. The fourth-order valence-corrected chi connectivity index (χ4v) is 3.61. The van der Waals surface area contributed by atoms with Gasteiger partial charge in [0, 0.05) is 31.0 Å². The van der Waals surface area contributed by atoms with E-state index in [1.807, 2.05) is 36.4 Å². The standard InChI is InChI=1S/C20H21NO3/c1-15(22)21-14-20(13-12-19(23)24-2,16-8-4-3-5-9-16)17-10-6-7-11-18(17)21/h3-11H,12-14H2,1-2H3. The van der Waals surface area contributed by atoms with Crippen LogP contribution in [0, 0.1) is 0 Å². The fourth-order valence-electron chi connectivity index (χ4n) is 3.61. The summed E-state index contributed by atoms with van der Waals surface area (Å²) < 4.78 is 4.83. The largest absolute Gasteiger partial charge is 0.469 e. The number of benzene rings is 2. The molecule has 0 N–H and O–H groups in total. The fraction of sp³-hybridized carbons (Fsp3) is 0.300. The zero-order chi connectivity index (χ0) is 17.2. The van der Waals surface area contributed by atoms with Crippen molar-refractivity contribution in [2.24, 2.45) is 0 Å². The highest BCUT2D eigenvalue weighted by atomic mass is 16.5.